The lowest BCUT2D eigenvalue weighted by Gasteiger charge is -2.14. The number of aryl methyl sites for hydroxylation is 1. The molecule has 3 aromatic rings. The van der Waals surface area contributed by atoms with E-state index in [-0.39, 0.29) is 0 Å². The Morgan fingerprint density at radius 3 is 2.17 bits per heavy atom. The van der Waals surface area contributed by atoms with Crippen LogP contribution in [0.2, 0.25) is 0 Å². The quantitative estimate of drug-likeness (QED) is 0.370. The van der Waals surface area contributed by atoms with Crippen LogP contribution in [0.3, 0.4) is 0 Å². The Hall–Kier alpha value is -2.64. The summed E-state index contributed by atoms with van der Waals surface area (Å²) in [5, 5.41) is 10.4. The Bertz CT molecular complexity index is 1080. The highest BCUT2D eigenvalue weighted by atomic mass is 79.9. The molecule has 0 saturated carbocycles. The third-order valence-electron chi connectivity index (χ3n) is 4.11. The molecule has 0 aliphatic carbocycles. The van der Waals surface area contributed by atoms with Crippen LogP contribution in [0.5, 0.6) is 5.75 Å². The number of hydrogen-bond donors (Lipinski definition) is 1. The van der Waals surface area contributed by atoms with Gasteiger partial charge in [-0.2, -0.15) is 0 Å². The Kier molecular flexibility index (Phi) is 8.42. The van der Waals surface area contributed by atoms with E-state index in [9.17, 15) is 5.11 Å². The lowest BCUT2D eigenvalue weighted by molar-refractivity contribution is 0.219. The van der Waals surface area contributed by atoms with Crippen LogP contribution in [0, 0.1) is 20.1 Å². The van der Waals surface area contributed by atoms with E-state index in [1.165, 1.54) is 0 Å². The standard InChI is InChI=1S/C15H12BrNO.C8H6BrNO/c1-10-8-13(17-2)6-7-14(10)15(18)11-4-3-5-12(16)9-11;1-10-6-3-4-7(9)8(5-6)11-2/h3-9,15,18H,1H3;3-5H,2H3. The molecule has 0 aliphatic rings. The minimum absolute atomic E-state index is 0.588. The predicted molar refractivity (Wildman–Crippen MR) is 123 cm³/mol. The van der Waals surface area contributed by atoms with Gasteiger partial charge < -0.3 is 9.84 Å². The first-order valence-electron chi connectivity index (χ1n) is 8.52. The third-order valence-corrected chi connectivity index (χ3v) is 5.25. The number of aliphatic hydroxyl groups excluding tert-OH is 1. The molecule has 0 bridgehead atoms. The van der Waals surface area contributed by atoms with Crippen LogP contribution < -0.4 is 4.74 Å². The zero-order chi connectivity index (χ0) is 21.4. The number of ether oxygens (including phenoxy) is 1. The van der Waals surface area contributed by atoms with Gasteiger partial charge in [-0.3, -0.25) is 0 Å². The van der Waals surface area contributed by atoms with Gasteiger partial charge in [0.25, 0.3) is 0 Å². The van der Waals surface area contributed by atoms with Gasteiger partial charge in [-0.1, -0.05) is 64.0 Å². The van der Waals surface area contributed by atoms with E-state index in [1.807, 2.05) is 37.3 Å². The summed E-state index contributed by atoms with van der Waals surface area (Å²) in [5.41, 5.74) is 3.78. The van der Waals surface area contributed by atoms with Crippen LogP contribution in [0.4, 0.5) is 11.4 Å². The number of nitrogens with zero attached hydrogens (tertiary/aromatic N) is 2. The molecule has 0 aromatic heterocycles. The highest BCUT2D eigenvalue weighted by Gasteiger charge is 2.13. The van der Waals surface area contributed by atoms with Gasteiger partial charge in [-0.25, -0.2) is 9.69 Å². The van der Waals surface area contributed by atoms with Crippen molar-refractivity contribution >= 4 is 43.2 Å². The van der Waals surface area contributed by atoms with Crippen LogP contribution in [0.25, 0.3) is 9.69 Å². The number of halogens is 2. The molecule has 0 spiro atoms. The van der Waals surface area contributed by atoms with E-state index in [4.69, 9.17) is 17.9 Å². The van der Waals surface area contributed by atoms with E-state index in [0.717, 1.165) is 25.6 Å². The summed E-state index contributed by atoms with van der Waals surface area (Å²) in [6.45, 7) is 15.6. The Morgan fingerprint density at radius 2 is 1.59 bits per heavy atom. The van der Waals surface area contributed by atoms with Crippen LogP contribution in [-0.2, 0) is 0 Å². The average Bonchev–Trinajstić information content (AvgIpc) is 2.74. The van der Waals surface area contributed by atoms with Crippen molar-refractivity contribution in [2.24, 2.45) is 0 Å². The Morgan fingerprint density at radius 1 is 0.931 bits per heavy atom. The second kappa shape index (κ2) is 10.8. The third kappa shape index (κ3) is 6.17. The van der Waals surface area contributed by atoms with Crippen molar-refractivity contribution in [2.75, 3.05) is 7.11 Å². The first-order valence-corrected chi connectivity index (χ1v) is 10.1. The molecule has 0 aliphatic heterocycles. The maximum atomic E-state index is 10.4. The molecular weight excluding hydrogens is 496 g/mol. The fraction of sp³-hybridized carbons (Fsp3) is 0.130. The van der Waals surface area contributed by atoms with Gasteiger partial charge in [0.1, 0.15) is 11.9 Å². The summed E-state index contributed by atoms with van der Waals surface area (Å²) >= 11 is 6.69. The number of methoxy groups -OCH3 is 1. The van der Waals surface area contributed by atoms with E-state index in [2.05, 4.69) is 41.5 Å². The zero-order valence-electron chi connectivity index (χ0n) is 15.9. The molecule has 1 atom stereocenters. The smallest absolute Gasteiger partial charge is 0.190 e. The van der Waals surface area contributed by atoms with Crippen molar-refractivity contribution in [3.63, 3.8) is 0 Å². The minimum atomic E-state index is -0.665. The molecule has 1 unspecified atom stereocenters. The number of benzene rings is 3. The van der Waals surface area contributed by atoms with Gasteiger partial charge in [0.2, 0.25) is 0 Å². The predicted octanol–water partition coefficient (Wildman–Crippen LogP) is 7.40. The van der Waals surface area contributed by atoms with Crippen LogP contribution in [0.1, 0.15) is 22.8 Å². The summed E-state index contributed by atoms with van der Waals surface area (Å²) in [7, 11) is 1.58. The molecule has 0 saturated heterocycles. The molecule has 1 N–H and O–H groups in total. The molecule has 4 nitrogen and oxygen atoms in total. The first-order chi connectivity index (χ1) is 13.9. The fourth-order valence-electron chi connectivity index (χ4n) is 2.61. The topological polar surface area (TPSA) is 38.2 Å². The molecule has 0 heterocycles. The summed E-state index contributed by atoms with van der Waals surface area (Å²) < 4.78 is 6.80. The maximum Gasteiger partial charge on any atom is 0.190 e. The van der Waals surface area contributed by atoms with Crippen molar-refractivity contribution in [3.05, 3.63) is 109 Å². The Labute approximate surface area is 187 Å². The van der Waals surface area contributed by atoms with Gasteiger partial charge in [-0.15, -0.1) is 0 Å². The molecule has 0 amide bonds. The van der Waals surface area contributed by atoms with Crippen LogP contribution in [-0.4, -0.2) is 12.2 Å². The molecule has 0 fully saturated rings. The Balaban J connectivity index is 0.000000234. The number of aliphatic hydroxyl groups is 1. The second-order valence-electron chi connectivity index (χ2n) is 6.04. The maximum absolute atomic E-state index is 10.4. The summed E-state index contributed by atoms with van der Waals surface area (Å²) in [6.07, 6.45) is -0.665. The van der Waals surface area contributed by atoms with E-state index in [0.29, 0.717) is 17.1 Å². The largest absolute Gasteiger partial charge is 0.497 e. The van der Waals surface area contributed by atoms with E-state index >= 15 is 0 Å². The van der Waals surface area contributed by atoms with Gasteiger partial charge in [0.15, 0.2) is 11.4 Å². The van der Waals surface area contributed by atoms with Gasteiger partial charge in [0, 0.05) is 4.47 Å². The van der Waals surface area contributed by atoms with Gasteiger partial charge in [0.05, 0.1) is 24.7 Å². The van der Waals surface area contributed by atoms with E-state index < -0.39 is 6.10 Å². The van der Waals surface area contributed by atoms with Gasteiger partial charge in [-0.05, 0) is 52.2 Å². The van der Waals surface area contributed by atoms with Crippen molar-refractivity contribution in [3.8, 4) is 5.75 Å². The first kappa shape index (κ1) is 22.6. The fourth-order valence-corrected chi connectivity index (χ4v) is 3.44. The summed E-state index contributed by atoms with van der Waals surface area (Å²) in [6, 6.07) is 18.2. The lowest BCUT2D eigenvalue weighted by Crippen LogP contribution is -2.01. The normalized spacial score (nSPS) is 10.7. The summed E-state index contributed by atoms with van der Waals surface area (Å²) in [4.78, 5) is 6.65. The van der Waals surface area contributed by atoms with Crippen LogP contribution in [0.15, 0.2) is 69.6 Å². The molecule has 146 valence electrons. The molecule has 6 heteroatoms. The minimum Gasteiger partial charge on any atom is -0.497 e. The molecule has 29 heavy (non-hydrogen) atoms. The molecule has 3 aromatic carbocycles. The molecule has 0 radical (unpaired) electrons. The van der Waals surface area contributed by atoms with Crippen molar-refractivity contribution < 1.29 is 9.84 Å². The second-order valence-corrected chi connectivity index (χ2v) is 7.81. The van der Waals surface area contributed by atoms with Crippen molar-refractivity contribution in [2.45, 2.75) is 13.0 Å². The van der Waals surface area contributed by atoms with E-state index in [1.54, 1.807) is 37.4 Å². The molecular formula is C23H18Br2N2O2. The number of rotatable bonds is 3. The SMILES string of the molecule is [C-]#[N+]c1ccc(Br)c(OC)c1.[C-]#[N+]c1ccc(C(O)c2cccc(Br)c2)c(C)c1. The molecule has 3 rings (SSSR count). The van der Waals surface area contributed by atoms with Crippen LogP contribution >= 0.6 is 31.9 Å². The highest BCUT2D eigenvalue weighted by molar-refractivity contribution is 9.10. The van der Waals surface area contributed by atoms with Crippen molar-refractivity contribution in [1.82, 2.24) is 0 Å². The summed E-state index contributed by atoms with van der Waals surface area (Å²) in [5.74, 6) is 0.693. The highest BCUT2D eigenvalue weighted by Crippen LogP contribution is 2.30. The monoisotopic (exact) mass is 512 g/mol. The van der Waals surface area contributed by atoms with Crippen molar-refractivity contribution in [1.29, 1.82) is 0 Å². The average molecular weight is 514 g/mol. The van der Waals surface area contributed by atoms with Gasteiger partial charge >= 0.3 is 0 Å². The number of hydrogen-bond acceptors (Lipinski definition) is 2. The zero-order valence-corrected chi connectivity index (χ0v) is 19.0. The lowest BCUT2D eigenvalue weighted by atomic mass is 9.97.